The van der Waals surface area contributed by atoms with Gasteiger partial charge in [0.05, 0.1) is 26.4 Å². The van der Waals surface area contributed by atoms with Gasteiger partial charge in [-0.1, -0.05) is 30.3 Å². The number of hydrogen-bond donors (Lipinski definition) is 0. The highest BCUT2D eigenvalue weighted by Crippen LogP contribution is 2.51. The van der Waals surface area contributed by atoms with E-state index in [-0.39, 0.29) is 39.1 Å². The normalized spacial score (nSPS) is 13.0. The van der Waals surface area contributed by atoms with Crippen LogP contribution in [0.1, 0.15) is 50.3 Å². The monoisotopic (exact) mass is 592 g/mol. The Hall–Kier alpha value is -2.84. The Morgan fingerprint density at radius 3 is 1.43 bits per heavy atom. The third kappa shape index (κ3) is 7.46. The molecule has 1 aliphatic rings. The number of hydrogen-bond acceptors (Lipinski definition) is 10. The molecular weight excluding hydrogens is 558 g/mol. The fourth-order valence-corrected chi connectivity index (χ4v) is 6.57. The van der Waals surface area contributed by atoms with Gasteiger partial charge in [0.15, 0.2) is 11.5 Å². The molecule has 4 rings (SSSR count). The number of ether oxygens (including phenoxy) is 2. The summed E-state index contributed by atoms with van der Waals surface area (Å²) in [5, 5.41) is 0. The second-order valence-corrected chi connectivity index (χ2v) is 11.6. The highest BCUT2D eigenvalue weighted by Gasteiger charge is 2.29. The van der Waals surface area contributed by atoms with E-state index < -0.39 is 15.6 Å². The van der Waals surface area contributed by atoms with Gasteiger partial charge in [0.1, 0.15) is 11.5 Å². The molecule has 0 bridgehead atoms. The van der Waals surface area contributed by atoms with Gasteiger partial charge in [0.25, 0.3) is 0 Å². The van der Waals surface area contributed by atoms with Crippen LogP contribution in [0.25, 0.3) is 0 Å². The maximum Gasteiger partial charge on any atom is 0.530 e. The van der Waals surface area contributed by atoms with Crippen molar-refractivity contribution in [3.63, 3.8) is 0 Å². The summed E-state index contributed by atoms with van der Waals surface area (Å²) in [6, 6.07) is 20.2. The van der Waals surface area contributed by atoms with Gasteiger partial charge in [0, 0.05) is 5.92 Å². The molecular formula is C28H34O10P2. The van der Waals surface area contributed by atoms with Crippen LogP contribution in [0.15, 0.2) is 66.7 Å². The highest BCUT2D eigenvalue weighted by atomic mass is 31.2. The lowest BCUT2D eigenvalue weighted by atomic mass is 9.85. The Morgan fingerprint density at radius 2 is 1.00 bits per heavy atom. The first-order chi connectivity index (χ1) is 19.3. The van der Waals surface area contributed by atoms with Crippen LogP contribution >= 0.6 is 15.6 Å². The fraction of sp³-hybridized carbons (Fsp3) is 0.357. The van der Waals surface area contributed by atoms with Crippen LogP contribution in [0.3, 0.4) is 0 Å². The molecule has 0 unspecified atom stereocenters. The quantitative estimate of drug-likeness (QED) is 0.129. The topological polar surface area (TPSA) is 108 Å². The predicted molar refractivity (Wildman–Crippen MR) is 149 cm³/mol. The predicted octanol–water partition coefficient (Wildman–Crippen LogP) is 7.72. The van der Waals surface area contributed by atoms with E-state index in [0.717, 1.165) is 16.7 Å². The lowest BCUT2D eigenvalue weighted by Gasteiger charge is -2.21. The zero-order chi connectivity index (χ0) is 28.6. The first kappa shape index (κ1) is 30.1. The molecule has 0 fully saturated rings. The molecule has 0 amide bonds. The van der Waals surface area contributed by atoms with E-state index in [4.69, 9.17) is 36.6 Å². The standard InChI is InChI=1S/C28H34O10P2/c1-5-33-39(29,34-6-2)37-24-14-9-21(10-15-24)28(23-13-18-26-27(19-23)32-20-31-26)22-11-16-25(17-12-22)38-40(30,35-7-3)36-8-4/h9-19,28H,5-8,20H2,1-4H3. The van der Waals surface area contributed by atoms with E-state index in [1.807, 2.05) is 42.5 Å². The second-order valence-electron chi connectivity index (χ2n) is 8.43. The van der Waals surface area contributed by atoms with Crippen LogP contribution < -0.4 is 18.5 Å². The van der Waals surface area contributed by atoms with Gasteiger partial charge in [-0.05, 0) is 80.8 Å². The zero-order valence-electron chi connectivity index (χ0n) is 22.9. The lowest BCUT2D eigenvalue weighted by Crippen LogP contribution is -2.05. The molecule has 0 radical (unpaired) electrons. The second kappa shape index (κ2) is 13.7. The summed E-state index contributed by atoms with van der Waals surface area (Å²) < 4.78 is 68.9. The van der Waals surface area contributed by atoms with Gasteiger partial charge < -0.3 is 18.5 Å². The third-order valence-electron chi connectivity index (χ3n) is 5.74. The van der Waals surface area contributed by atoms with E-state index in [1.165, 1.54) is 0 Å². The highest BCUT2D eigenvalue weighted by molar-refractivity contribution is 7.49. The molecule has 1 aliphatic heterocycles. The van der Waals surface area contributed by atoms with Crippen LogP contribution in [0.4, 0.5) is 0 Å². The van der Waals surface area contributed by atoms with Gasteiger partial charge in [0.2, 0.25) is 6.79 Å². The first-order valence-corrected chi connectivity index (χ1v) is 16.0. The SMILES string of the molecule is CCOP(=O)(OCC)Oc1ccc(C(c2ccc(OP(=O)(OCC)OCC)cc2)c2ccc3c(c2)OCO3)cc1. The average Bonchev–Trinajstić information content (AvgIpc) is 3.39. The van der Waals surface area contributed by atoms with Crippen molar-refractivity contribution in [1.82, 2.24) is 0 Å². The minimum atomic E-state index is -3.73. The molecule has 3 aromatic rings. The Kier molecular flexibility index (Phi) is 10.3. The summed E-state index contributed by atoms with van der Waals surface area (Å²) in [5.74, 6) is 1.81. The lowest BCUT2D eigenvalue weighted by molar-refractivity contribution is 0.166. The largest absolute Gasteiger partial charge is 0.530 e. The minimum Gasteiger partial charge on any atom is -0.454 e. The smallest absolute Gasteiger partial charge is 0.454 e. The molecule has 0 saturated carbocycles. The van der Waals surface area contributed by atoms with Gasteiger partial charge in [-0.2, -0.15) is 0 Å². The van der Waals surface area contributed by atoms with Crippen molar-refractivity contribution in [3.8, 4) is 23.0 Å². The molecule has 0 atom stereocenters. The minimum absolute atomic E-state index is 0.168. The van der Waals surface area contributed by atoms with Crippen molar-refractivity contribution < 1.29 is 45.7 Å². The van der Waals surface area contributed by atoms with Gasteiger partial charge in [-0.3, -0.25) is 18.1 Å². The van der Waals surface area contributed by atoms with Gasteiger partial charge >= 0.3 is 15.6 Å². The Morgan fingerprint density at radius 1 is 0.600 bits per heavy atom. The first-order valence-electron chi connectivity index (χ1n) is 13.1. The van der Waals surface area contributed by atoms with Crippen molar-refractivity contribution in [3.05, 3.63) is 83.4 Å². The summed E-state index contributed by atoms with van der Waals surface area (Å²) in [6.07, 6.45) is 0. The summed E-state index contributed by atoms with van der Waals surface area (Å²) in [5.41, 5.74) is 2.81. The van der Waals surface area contributed by atoms with E-state index in [9.17, 15) is 9.13 Å². The summed E-state index contributed by atoms with van der Waals surface area (Å²) >= 11 is 0. The number of phosphoric acid groups is 2. The number of benzene rings is 3. The molecule has 0 saturated heterocycles. The molecule has 0 aliphatic carbocycles. The number of phosphoric ester groups is 2. The Balaban J connectivity index is 1.65. The number of fused-ring (bicyclic) bond motifs is 1. The van der Waals surface area contributed by atoms with Crippen LogP contribution in [0.5, 0.6) is 23.0 Å². The van der Waals surface area contributed by atoms with Crippen LogP contribution in [0.2, 0.25) is 0 Å². The number of rotatable bonds is 15. The zero-order valence-corrected chi connectivity index (χ0v) is 24.7. The van der Waals surface area contributed by atoms with Crippen LogP contribution in [-0.4, -0.2) is 33.2 Å². The van der Waals surface area contributed by atoms with E-state index >= 15 is 0 Å². The maximum atomic E-state index is 12.8. The van der Waals surface area contributed by atoms with Crippen molar-refractivity contribution >= 4 is 15.6 Å². The van der Waals surface area contributed by atoms with Crippen molar-refractivity contribution in [2.45, 2.75) is 33.6 Å². The van der Waals surface area contributed by atoms with Crippen molar-refractivity contribution in [2.24, 2.45) is 0 Å². The average molecular weight is 593 g/mol. The van der Waals surface area contributed by atoms with Crippen LogP contribution in [0, 0.1) is 0 Å². The Bertz CT molecular complexity index is 1250. The maximum absolute atomic E-state index is 12.8. The van der Waals surface area contributed by atoms with Crippen molar-refractivity contribution in [1.29, 1.82) is 0 Å². The molecule has 40 heavy (non-hydrogen) atoms. The van der Waals surface area contributed by atoms with E-state index in [0.29, 0.717) is 23.0 Å². The summed E-state index contributed by atoms with van der Waals surface area (Å²) in [7, 11) is -7.45. The summed E-state index contributed by atoms with van der Waals surface area (Å²) in [6.45, 7) is 7.79. The molecule has 0 aromatic heterocycles. The molecule has 10 nitrogen and oxygen atoms in total. The molecule has 12 heteroatoms. The molecule has 216 valence electrons. The third-order valence-corrected chi connectivity index (χ3v) is 8.91. The summed E-state index contributed by atoms with van der Waals surface area (Å²) in [4.78, 5) is 0. The van der Waals surface area contributed by atoms with Crippen molar-refractivity contribution in [2.75, 3.05) is 33.2 Å². The Labute approximate surface area is 234 Å². The molecule has 1 heterocycles. The van der Waals surface area contributed by atoms with Crippen LogP contribution in [-0.2, 0) is 27.2 Å². The van der Waals surface area contributed by atoms with E-state index in [2.05, 4.69) is 0 Å². The molecule has 3 aromatic carbocycles. The molecule has 0 N–H and O–H groups in total. The molecule has 0 spiro atoms. The van der Waals surface area contributed by atoms with Gasteiger partial charge in [-0.25, -0.2) is 9.13 Å². The fourth-order valence-electron chi connectivity index (χ4n) is 4.18. The van der Waals surface area contributed by atoms with E-state index in [1.54, 1.807) is 52.0 Å². The van der Waals surface area contributed by atoms with Gasteiger partial charge in [-0.15, -0.1) is 0 Å².